The van der Waals surface area contributed by atoms with Crippen molar-refractivity contribution in [1.29, 1.82) is 0 Å². The summed E-state index contributed by atoms with van der Waals surface area (Å²) in [5, 5.41) is 0. The van der Waals surface area contributed by atoms with Gasteiger partial charge in [-0.05, 0) is 5.92 Å². The second-order valence-electron chi connectivity index (χ2n) is 3.44. The highest BCUT2D eigenvalue weighted by Gasteiger charge is 2.03. The molecule has 0 fully saturated rings. The van der Waals surface area contributed by atoms with Crippen LogP contribution in [0.1, 0.15) is 13.8 Å². The molecule has 0 heterocycles. The zero-order valence-corrected chi connectivity index (χ0v) is 9.62. The molecule has 0 aliphatic rings. The van der Waals surface area contributed by atoms with Crippen LogP contribution >= 0.6 is 0 Å². The molecule has 0 atom stereocenters. The van der Waals surface area contributed by atoms with Gasteiger partial charge in [0.05, 0.1) is 19.8 Å². The van der Waals surface area contributed by atoms with Crippen LogP contribution in [-0.2, 0) is 18.9 Å². The van der Waals surface area contributed by atoms with Gasteiger partial charge < -0.3 is 18.9 Å². The van der Waals surface area contributed by atoms with E-state index in [1.807, 2.05) is 0 Å². The summed E-state index contributed by atoms with van der Waals surface area (Å²) >= 11 is 0. The minimum atomic E-state index is -0.278. The standard InChI is InChI=1S/C10H22O4/c1-9(2)7-13-5-6-14-8-10(11-3)12-4/h9-10H,5-8H2,1-4H3. The summed E-state index contributed by atoms with van der Waals surface area (Å²) in [5.41, 5.74) is 0. The van der Waals surface area contributed by atoms with Crippen molar-refractivity contribution < 1.29 is 18.9 Å². The van der Waals surface area contributed by atoms with Crippen LogP contribution in [0.5, 0.6) is 0 Å². The Bertz CT molecular complexity index is 113. The van der Waals surface area contributed by atoms with E-state index in [2.05, 4.69) is 13.8 Å². The van der Waals surface area contributed by atoms with Crippen LogP contribution in [0.15, 0.2) is 0 Å². The molecule has 0 bridgehead atoms. The van der Waals surface area contributed by atoms with Gasteiger partial charge in [-0.15, -0.1) is 0 Å². The van der Waals surface area contributed by atoms with E-state index in [1.165, 1.54) is 0 Å². The van der Waals surface area contributed by atoms with Gasteiger partial charge in [0, 0.05) is 20.8 Å². The molecule has 0 N–H and O–H groups in total. The third kappa shape index (κ3) is 8.44. The smallest absolute Gasteiger partial charge is 0.180 e. The Balaban J connectivity index is 3.12. The van der Waals surface area contributed by atoms with Crippen LogP contribution in [0.3, 0.4) is 0 Å². The summed E-state index contributed by atoms with van der Waals surface area (Å²) < 4.78 is 20.5. The molecule has 0 saturated heterocycles. The molecule has 0 radical (unpaired) electrons. The lowest BCUT2D eigenvalue weighted by Gasteiger charge is -2.13. The molecule has 0 saturated carbocycles. The lowest BCUT2D eigenvalue weighted by molar-refractivity contribution is -0.143. The lowest BCUT2D eigenvalue weighted by Crippen LogP contribution is -2.21. The van der Waals surface area contributed by atoms with Crippen molar-refractivity contribution in [2.45, 2.75) is 20.1 Å². The van der Waals surface area contributed by atoms with E-state index in [-0.39, 0.29) is 6.29 Å². The third-order valence-corrected chi connectivity index (χ3v) is 1.60. The minimum absolute atomic E-state index is 0.278. The highest BCUT2D eigenvalue weighted by Crippen LogP contribution is 1.94. The Morgan fingerprint density at radius 3 is 1.79 bits per heavy atom. The lowest BCUT2D eigenvalue weighted by atomic mass is 10.2. The average molecular weight is 206 g/mol. The topological polar surface area (TPSA) is 36.9 Å². The molecule has 86 valence electrons. The normalized spacial score (nSPS) is 11.6. The van der Waals surface area contributed by atoms with E-state index in [1.54, 1.807) is 14.2 Å². The van der Waals surface area contributed by atoms with Gasteiger partial charge in [0.15, 0.2) is 6.29 Å². The van der Waals surface area contributed by atoms with Crippen molar-refractivity contribution in [3.63, 3.8) is 0 Å². The fourth-order valence-corrected chi connectivity index (χ4v) is 0.849. The van der Waals surface area contributed by atoms with Gasteiger partial charge in [-0.2, -0.15) is 0 Å². The van der Waals surface area contributed by atoms with Crippen molar-refractivity contribution in [3.8, 4) is 0 Å². The van der Waals surface area contributed by atoms with Crippen molar-refractivity contribution in [3.05, 3.63) is 0 Å². The monoisotopic (exact) mass is 206 g/mol. The summed E-state index contributed by atoms with van der Waals surface area (Å²) in [5.74, 6) is 0.570. The van der Waals surface area contributed by atoms with Gasteiger partial charge in [-0.3, -0.25) is 0 Å². The molecule has 0 unspecified atom stereocenters. The Morgan fingerprint density at radius 2 is 1.36 bits per heavy atom. The molecule has 0 aromatic heterocycles. The molecule has 0 aromatic rings. The molecule has 0 rings (SSSR count). The molecule has 14 heavy (non-hydrogen) atoms. The van der Waals surface area contributed by atoms with Crippen molar-refractivity contribution in [1.82, 2.24) is 0 Å². The minimum Gasteiger partial charge on any atom is -0.379 e. The van der Waals surface area contributed by atoms with Gasteiger partial charge in [-0.1, -0.05) is 13.8 Å². The number of methoxy groups -OCH3 is 2. The van der Waals surface area contributed by atoms with Crippen molar-refractivity contribution in [2.24, 2.45) is 5.92 Å². The summed E-state index contributed by atoms with van der Waals surface area (Å²) in [7, 11) is 3.18. The maximum absolute atomic E-state index is 5.34. The predicted molar refractivity (Wildman–Crippen MR) is 54.3 cm³/mol. The van der Waals surface area contributed by atoms with Gasteiger partial charge in [0.1, 0.15) is 0 Å². The van der Waals surface area contributed by atoms with E-state index in [0.29, 0.717) is 25.7 Å². The molecular weight excluding hydrogens is 184 g/mol. The summed E-state index contributed by atoms with van der Waals surface area (Å²) in [6.45, 7) is 6.66. The molecule has 0 spiro atoms. The molecule has 0 aliphatic carbocycles. The zero-order valence-electron chi connectivity index (χ0n) is 9.62. The maximum Gasteiger partial charge on any atom is 0.180 e. The highest BCUT2D eigenvalue weighted by atomic mass is 16.7. The number of hydrogen-bond donors (Lipinski definition) is 0. The number of hydrogen-bond acceptors (Lipinski definition) is 4. The zero-order chi connectivity index (χ0) is 10.8. The quantitative estimate of drug-likeness (QED) is 0.421. The molecule has 0 aromatic carbocycles. The first-order valence-corrected chi connectivity index (χ1v) is 4.91. The first-order valence-electron chi connectivity index (χ1n) is 4.91. The first-order chi connectivity index (χ1) is 6.70. The van der Waals surface area contributed by atoms with Gasteiger partial charge >= 0.3 is 0 Å². The van der Waals surface area contributed by atoms with E-state index >= 15 is 0 Å². The van der Waals surface area contributed by atoms with Crippen LogP contribution in [0.25, 0.3) is 0 Å². The van der Waals surface area contributed by atoms with Crippen LogP contribution < -0.4 is 0 Å². The third-order valence-electron chi connectivity index (χ3n) is 1.60. The Hall–Kier alpha value is -0.160. The fourth-order valence-electron chi connectivity index (χ4n) is 0.849. The van der Waals surface area contributed by atoms with E-state index in [9.17, 15) is 0 Å². The van der Waals surface area contributed by atoms with E-state index in [0.717, 1.165) is 6.61 Å². The predicted octanol–water partition coefficient (Wildman–Crippen LogP) is 1.29. The molecule has 4 heteroatoms. The van der Waals surface area contributed by atoms with Gasteiger partial charge in [0.25, 0.3) is 0 Å². The highest BCUT2D eigenvalue weighted by molar-refractivity contribution is 4.41. The van der Waals surface area contributed by atoms with Gasteiger partial charge in [0.2, 0.25) is 0 Å². The van der Waals surface area contributed by atoms with Crippen LogP contribution in [0, 0.1) is 5.92 Å². The van der Waals surface area contributed by atoms with Crippen LogP contribution in [0.2, 0.25) is 0 Å². The van der Waals surface area contributed by atoms with Crippen LogP contribution in [-0.4, -0.2) is 46.9 Å². The summed E-state index contributed by atoms with van der Waals surface area (Å²) in [6, 6.07) is 0. The number of ether oxygens (including phenoxy) is 4. The number of rotatable bonds is 9. The Labute approximate surface area is 86.5 Å². The largest absolute Gasteiger partial charge is 0.379 e. The SMILES string of the molecule is COC(COCCOCC(C)C)OC. The average Bonchev–Trinajstić information content (AvgIpc) is 2.16. The molecule has 4 nitrogen and oxygen atoms in total. The summed E-state index contributed by atoms with van der Waals surface area (Å²) in [4.78, 5) is 0. The van der Waals surface area contributed by atoms with Gasteiger partial charge in [-0.25, -0.2) is 0 Å². The van der Waals surface area contributed by atoms with E-state index < -0.39 is 0 Å². The van der Waals surface area contributed by atoms with Crippen molar-refractivity contribution >= 4 is 0 Å². The van der Waals surface area contributed by atoms with Crippen LogP contribution in [0.4, 0.5) is 0 Å². The van der Waals surface area contributed by atoms with E-state index in [4.69, 9.17) is 18.9 Å². The molecule has 0 aliphatic heterocycles. The first kappa shape index (κ1) is 13.8. The fraction of sp³-hybridized carbons (Fsp3) is 1.00. The summed E-state index contributed by atoms with van der Waals surface area (Å²) in [6.07, 6.45) is -0.278. The molecular formula is C10H22O4. The maximum atomic E-state index is 5.34. The molecule has 0 amide bonds. The van der Waals surface area contributed by atoms with Crippen molar-refractivity contribution in [2.75, 3.05) is 40.6 Å². The second kappa shape index (κ2) is 9.40. The Morgan fingerprint density at radius 1 is 0.857 bits per heavy atom. The Kier molecular flexibility index (Phi) is 9.29. The second-order valence-corrected chi connectivity index (χ2v) is 3.44.